The molecule has 1 aromatic carbocycles. The highest BCUT2D eigenvalue weighted by Gasteiger charge is 2.14. The van der Waals surface area contributed by atoms with E-state index in [0.29, 0.717) is 12.0 Å². The van der Waals surface area contributed by atoms with Crippen LogP contribution >= 0.6 is 0 Å². The molecule has 15 heavy (non-hydrogen) atoms. The molecule has 1 rings (SSSR count). The van der Waals surface area contributed by atoms with E-state index in [9.17, 15) is 12.8 Å². The van der Waals surface area contributed by atoms with Crippen molar-refractivity contribution >= 4 is 10.1 Å². The van der Waals surface area contributed by atoms with E-state index in [2.05, 4.69) is 0 Å². The first kappa shape index (κ1) is 12.1. The summed E-state index contributed by atoms with van der Waals surface area (Å²) in [6.07, 6.45) is 0.298. The van der Waals surface area contributed by atoms with E-state index in [-0.39, 0.29) is 17.5 Å². The maximum absolute atomic E-state index is 13.2. The Balaban J connectivity index is 2.67. The number of halogens is 1. The van der Waals surface area contributed by atoms with Gasteiger partial charge >= 0.3 is 0 Å². The Kier molecular flexibility index (Phi) is 3.82. The van der Waals surface area contributed by atoms with Crippen molar-refractivity contribution in [2.75, 3.05) is 5.75 Å². The van der Waals surface area contributed by atoms with E-state index in [4.69, 9.17) is 4.55 Å². The summed E-state index contributed by atoms with van der Waals surface area (Å²) >= 11 is 0. The normalized spacial score (nSPS) is 13.8. The lowest BCUT2D eigenvalue weighted by Gasteiger charge is -2.09. The fraction of sp³-hybridized carbons (Fsp3) is 0.400. The summed E-state index contributed by atoms with van der Waals surface area (Å²) in [4.78, 5) is 0. The zero-order valence-electron chi connectivity index (χ0n) is 8.35. The smallest absolute Gasteiger partial charge is 0.265 e. The summed E-state index contributed by atoms with van der Waals surface area (Å²) in [5.41, 5.74) is 0.466. The molecule has 0 radical (unpaired) electrons. The van der Waals surface area contributed by atoms with Gasteiger partial charge < -0.3 is 0 Å². The summed E-state index contributed by atoms with van der Waals surface area (Å²) in [5, 5.41) is 0. The predicted octanol–water partition coefficient (Wildman–Crippen LogP) is 1.89. The molecular formula is C10H13FO3S. The molecule has 0 aliphatic carbocycles. The van der Waals surface area contributed by atoms with Crippen molar-refractivity contribution in [2.24, 2.45) is 5.92 Å². The Hall–Kier alpha value is -0.940. The van der Waals surface area contributed by atoms with Gasteiger partial charge in [-0.1, -0.05) is 25.1 Å². The van der Waals surface area contributed by atoms with Crippen LogP contribution in [-0.2, 0) is 16.5 Å². The average Bonchev–Trinajstić information content (AvgIpc) is 2.05. The highest BCUT2D eigenvalue weighted by atomic mass is 32.2. The van der Waals surface area contributed by atoms with Crippen molar-refractivity contribution in [3.8, 4) is 0 Å². The Bertz CT molecular complexity index is 428. The third kappa shape index (κ3) is 4.40. The van der Waals surface area contributed by atoms with E-state index in [1.54, 1.807) is 25.1 Å². The number of hydrogen-bond acceptors (Lipinski definition) is 2. The average molecular weight is 232 g/mol. The van der Waals surface area contributed by atoms with Gasteiger partial charge in [0.05, 0.1) is 5.75 Å². The fourth-order valence-electron chi connectivity index (χ4n) is 1.46. The van der Waals surface area contributed by atoms with Crippen molar-refractivity contribution in [1.29, 1.82) is 0 Å². The van der Waals surface area contributed by atoms with E-state index >= 15 is 0 Å². The third-order valence-corrected chi connectivity index (χ3v) is 3.01. The maximum atomic E-state index is 13.2. The van der Waals surface area contributed by atoms with Crippen LogP contribution in [0.1, 0.15) is 12.5 Å². The summed E-state index contributed by atoms with van der Waals surface area (Å²) in [6, 6.07) is 6.20. The molecule has 1 atom stereocenters. The molecule has 0 heterocycles. The van der Waals surface area contributed by atoms with Crippen LogP contribution < -0.4 is 0 Å². The van der Waals surface area contributed by atoms with E-state index in [0.717, 1.165) is 0 Å². The Labute approximate surface area is 88.7 Å². The summed E-state index contributed by atoms with van der Waals surface area (Å²) in [7, 11) is -3.98. The van der Waals surface area contributed by atoms with Gasteiger partial charge in [0.25, 0.3) is 10.1 Å². The van der Waals surface area contributed by atoms with Gasteiger partial charge in [0.15, 0.2) is 0 Å². The van der Waals surface area contributed by atoms with E-state index < -0.39 is 10.1 Å². The first-order valence-electron chi connectivity index (χ1n) is 4.57. The molecule has 0 amide bonds. The highest BCUT2D eigenvalue weighted by molar-refractivity contribution is 7.85. The minimum absolute atomic E-state index is 0.298. The molecule has 1 aromatic rings. The zero-order valence-corrected chi connectivity index (χ0v) is 9.17. The number of hydrogen-bond donors (Lipinski definition) is 1. The molecule has 0 spiro atoms. The largest absolute Gasteiger partial charge is 0.286 e. The van der Waals surface area contributed by atoms with Crippen molar-refractivity contribution in [3.05, 3.63) is 35.6 Å². The third-order valence-electron chi connectivity index (χ3n) is 2.02. The summed E-state index contributed by atoms with van der Waals surface area (Å²) in [6.45, 7) is 1.65. The molecule has 1 N–H and O–H groups in total. The molecule has 84 valence electrons. The predicted molar refractivity (Wildman–Crippen MR) is 55.7 cm³/mol. The molecule has 0 bridgehead atoms. The highest BCUT2D eigenvalue weighted by Crippen LogP contribution is 2.13. The monoisotopic (exact) mass is 232 g/mol. The van der Waals surface area contributed by atoms with Gasteiger partial charge in [-0.15, -0.1) is 0 Å². The molecule has 3 nitrogen and oxygen atoms in total. The van der Waals surface area contributed by atoms with Crippen LogP contribution in [0.15, 0.2) is 24.3 Å². The Morgan fingerprint density at radius 2 is 2.00 bits per heavy atom. The molecule has 1 unspecified atom stereocenters. The lowest BCUT2D eigenvalue weighted by Crippen LogP contribution is -2.15. The van der Waals surface area contributed by atoms with Gasteiger partial charge in [0.1, 0.15) is 5.82 Å². The van der Waals surface area contributed by atoms with Gasteiger partial charge in [-0.3, -0.25) is 4.55 Å². The molecular weight excluding hydrogens is 219 g/mol. The van der Waals surface area contributed by atoms with Crippen molar-refractivity contribution < 1.29 is 17.4 Å². The van der Waals surface area contributed by atoms with Crippen molar-refractivity contribution in [3.63, 3.8) is 0 Å². The second-order valence-electron chi connectivity index (χ2n) is 3.65. The number of benzene rings is 1. The SMILES string of the molecule is CC(Cc1ccccc1F)CS(=O)(=O)O. The standard InChI is InChI=1S/C10H13FO3S/c1-8(7-15(12,13)14)6-9-4-2-3-5-10(9)11/h2-5,8H,6-7H2,1H3,(H,12,13,14). The van der Waals surface area contributed by atoms with Crippen LogP contribution in [-0.4, -0.2) is 18.7 Å². The molecule has 0 fully saturated rings. The van der Waals surface area contributed by atoms with Gasteiger partial charge in [-0.05, 0) is 24.0 Å². The lowest BCUT2D eigenvalue weighted by molar-refractivity contribution is 0.467. The molecule has 0 saturated heterocycles. The van der Waals surface area contributed by atoms with Crippen molar-refractivity contribution in [2.45, 2.75) is 13.3 Å². The number of rotatable bonds is 4. The minimum atomic E-state index is -3.98. The van der Waals surface area contributed by atoms with Gasteiger partial charge in [-0.25, -0.2) is 4.39 Å². The fourth-order valence-corrected chi connectivity index (χ4v) is 2.29. The van der Waals surface area contributed by atoms with Crippen LogP contribution in [0.2, 0.25) is 0 Å². The van der Waals surface area contributed by atoms with Crippen LogP contribution in [0.4, 0.5) is 4.39 Å². The van der Waals surface area contributed by atoms with Crippen LogP contribution in [0.25, 0.3) is 0 Å². The molecule has 0 aromatic heterocycles. The van der Waals surface area contributed by atoms with Gasteiger partial charge in [-0.2, -0.15) is 8.42 Å². The van der Waals surface area contributed by atoms with Gasteiger partial charge in [0, 0.05) is 0 Å². The second kappa shape index (κ2) is 4.72. The van der Waals surface area contributed by atoms with E-state index in [1.165, 1.54) is 6.07 Å². The molecule has 0 saturated carbocycles. The lowest BCUT2D eigenvalue weighted by atomic mass is 10.0. The van der Waals surface area contributed by atoms with Crippen LogP contribution in [0.5, 0.6) is 0 Å². The first-order chi connectivity index (χ1) is 6.88. The first-order valence-corrected chi connectivity index (χ1v) is 6.18. The second-order valence-corrected chi connectivity index (χ2v) is 5.15. The molecule has 5 heteroatoms. The van der Waals surface area contributed by atoms with Crippen LogP contribution in [0.3, 0.4) is 0 Å². The zero-order chi connectivity index (χ0) is 11.5. The topological polar surface area (TPSA) is 54.4 Å². The van der Waals surface area contributed by atoms with E-state index in [1.807, 2.05) is 0 Å². The summed E-state index contributed by atoms with van der Waals surface area (Å²) < 4.78 is 42.9. The minimum Gasteiger partial charge on any atom is -0.286 e. The summed E-state index contributed by atoms with van der Waals surface area (Å²) in [5.74, 6) is -1.00. The molecule has 0 aliphatic heterocycles. The quantitative estimate of drug-likeness (QED) is 0.806. The Morgan fingerprint density at radius 1 is 1.40 bits per heavy atom. The van der Waals surface area contributed by atoms with Crippen LogP contribution in [0, 0.1) is 11.7 Å². The van der Waals surface area contributed by atoms with Gasteiger partial charge in [0.2, 0.25) is 0 Å². The molecule has 0 aliphatic rings. The maximum Gasteiger partial charge on any atom is 0.265 e. The Morgan fingerprint density at radius 3 is 2.53 bits per heavy atom. The van der Waals surface area contributed by atoms with Crippen molar-refractivity contribution in [1.82, 2.24) is 0 Å².